The number of nitrogens with zero attached hydrogens (tertiary/aromatic N) is 1. The molecule has 0 atom stereocenters. The molecule has 0 saturated carbocycles. The highest BCUT2D eigenvalue weighted by molar-refractivity contribution is 9.10. The van der Waals surface area contributed by atoms with Crippen molar-refractivity contribution in [3.05, 3.63) is 49.5 Å². The Morgan fingerprint density at radius 1 is 1.40 bits per heavy atom. The lowest BCUT2D eigenvalue weighted by Gasteiger charge is -2.07. The van der Waals surface area contributed by atoms with E-state index in [2.05, 4.69) is 15.9 Å². The molecule has 7 heteroatoms. The lowest BCUT2D eigenvalue weighted by molar-refractivity contribution is 0.0493. The van der Waals surface area contributed by atoms with E-state index in [-0.39, 0.29) is 12.2 Å². The zero-order chi connectivity index (χ0) is 14.5. The van der Waals surface area contributed by atoms with Gasteiger partial charge in [-0.15, -0.1) is 11.3 Å². The molecule has 0 aromatic carbocycles. The minimum atomic E-state index is -0.445. The van der Waals surface area contributed by atoms with Crippen molar-refractivity contribution < 1.29 is 14.3 Å². The molecule has 0 fully saturated rings. The summed E-state index contributed by atoms with van der Waals surface area (Å²) in [6.07, 6.45) is 1.65. The fourth-order valence-electron chi connectivity index (χ4n) is 1.59. The second-order valence-corrected chi connectivity index (χ2v) is 5.66. The van der Waals surface area contributed by atoms with E-state index >= 15 is 0 Å². The van der Waals surface area contributed by atoms with Crippen LogP contribution >= 0.6 is 27.3 Å². The van der Waals surface area contributed by atoms with Gasteiger partial charge in [0, 0.05) is 16.7 Å². The SMILES string of the molecule is COc1ccsc1C(=O)OCCn1cc(Br)ccc1=O. The van der Waals surface area contributed by atoms with Crippen LogP contribution in [0.4, 0.5) is 0 Å². The molecule has 2 aromatic heterocycles. The molecule has 0 spiro atoms. The number of ether oxygens (including phenoxy) is 2. The van der Waals surface area contributed by atoms with E-state index in [1.807, 2.05) is 0 Å². The van der Waals surface area contributed by atoms with E-state index < -0.39 is 5.97 Å². The van der Waals surface area contributed by atoms with Gasteiger partial charge in [0.25, 0.3) is 5.56 Å². The number of esters is 1. The number of carbonyl (C=O) groups is 1. The molecular formula is C13H12BrNO4S. The molecule has 0 aliphatic rings. The van der Waals surface area contributed by atoms with E-state index in [1.54, 1.807) is 23.7 Å². The van der Waals surface area contributed by atoms with Gasteiger partial charge in [0.2, 0.25) is 0 Å². The summed E-state index contributed by atoms with van der Waals surface area (Å²) in [5.41, 5.74) is -0.141. The van der Waals surface area contributed by atoms with Crippen LogP contribution in [-0.2, 0) is 11.3 Å². The fraction of sp³-hybridized carbons (Fsp3) is 0.231. The molecule has 0 bridgehead atoms. The number of pyridine rings is 1. The predicted molar refractivity (Wildman–Crippen MR) is 79.6 cm³/mol. The molecule has 0 amide bonds. The quantitative estimate of drug-likeness (QED) is 0.771. The van der Waals surface area contributed by atoms with Crippen LogP contribution in [-0.4, -0.2) is 24.3 Å². The second-order valence-electron chi connectivity index (χ2n) is 3.83. The average Bonchev–Trinajstić information content (AvgIpc) is 2.91. The zero-order valence-electron chi connectivity index (χ0n) is 10.7. The Morgan fingerprint density at radius 2 is 2.20 bits per heavy atom. The molecular weight excluding hydrogens is 346 g/mol. The standard InChI is InChI=1S/C13H12BrNO4S/c1-18-10-4-7-20-12(10)13(17)19-6-5-15-8-9(14)2-3-11(15)16/h2-4,7-8H,5-6H2,1H3. The van der Waals surface area contributed by atoms with Gasteiger partial charge in [-0.05, 0) is 33.4 Å². The number of aromatic nitrogens is 1. The highest BCUT2D eigenvalue weighted by Gasteiger charge is 2.15. The third kappa shape index (κ3) is 3.49. The molecule has 0 radical (unpaired) electrons. The minimum Gasteiger partial charge on any atom is -0.495 e. The molecule has 0 saturated heterocycles. The molecule has 2 aromatic rings. The molecule has 2 rings (SSSR count). The summed E-state index contributed by atoms with van der Waals surface area (Å²) >= 11 is 4.54. The maximum Gasteiger partial charge on any atom is 0.352 e. The van der Waals surface area contributed by atoms with Crippen LogP contribution in [0, 0.1) is 0 Å². The van der Waals surface area contributed by atoms with Gasteiger partial charge in [-0.1, -0.05) is 0 Å². The van der Waals surface area contributed by atoms with Crippen molar-refractivity contribution in [1.82, 2.24) is 4.57 Å². The number of hydrogen-bond donors (Lipinski definition) is 0. The molecule has 20 heavy (non-hydrogen) atoms. The minimum absolute atomic E-state index is 0.121. The predicted octanol–water partition coefficient (Wildman–Crippen LogP) is 2.54. The number of hydrogen-bond acceptors (Lipinski definition) is 5. The summed E-state index contributed by atoms with van der Waals surface area (Å²) < 4.78 is 12.5. The number of carbonyl (C=O) groups excluding carboxylic acids is 1. The van der Waals surface area contributed by atoms with E-state index in [1.165, 1.54) is 29.1 Å². The van der Waals surface area contributed by atoms with Crippen molar-refractivity contribution >= 4 is 33.2 Å². The van der Waals surface area contributed by atoms with E-state index in [9.17, 15) is 9.59 Å². The molecule has 0 unspecified atom stereocenters. The van der Waals surface area contributed by atoms with Gasteiger partial charge in [-0.25, -0.2) is 4.79 Å². The van der Waals surface area contributed by atoms with Crippen LogP contribution in [0.15, 0.2) is 39.0 Å². The summed E-state index contributed by atoms with van der Waals surface area (Å²) in [5.74, 6) is 0.0551. The number of thiophene rings is 1. The molecule has 106 valence electrons. The highest BCUT2D eigenvalue weighted by atomic mass is 79.9. The zero-order valence-corrected chi connectivity index (χ0v) is 13.1. The van der Waals surface area contributed by atoms with Crippen molar-refractivity contribution in [2.75, 3.05) is 13.7 Å². The first-order valence-electron chi connectivity index (χ1n) is 5.76. The third-order valence-corrected chi connectivity index (χ3v) is 3.89. The van der Waals surface area contributed by atoms with Crippen LogP contribution in [0.5, 0.6) is 5.75 Å². The molecule has 0 aliphatic carbocycles. The van der Waals surface area contributed by atoms with Gasteiger partial charge in [-0.2, -0.15) is 0 Å². The maximum atomic E-state index is 11.8. The smallest absolute Gasteiger partial charge is 0.352 e. The maximum absolute atomic E-state index is 11.8. The van der Waals surface area contributed by atoms with Crippen LogP contribution in [0.2, 0.25) is 0 Å². The largest absolute Gasteiger partial charge is 0.495 e. The summed E-state index contributed by atoms with van der Waals surface area (Å²) in [6, 6.07) is 4.83. The number of rotatable bonds is 5. The summed E-state index contributed by atoms with van der Waals surface area (Å²) in [4.78, 5) is 23.8. The average molecular weight is 358 g/mol. The van der Waals surface area contributed by atoms with Gasteiger partial charge in [0.1, 0.15) is 12.4 Å². The first-order valence-corrected chi connectivity index (χ1v) is 7.43. The van der Waals surface area contributed by atoms with Crippen LogP contribution < -0.4 is 10.3 Å². The number of methoxy groups -OCH3 is 1. The van der Waals surface area contributed by atoms with Gasteiger partial charge < -0.3 is 14.0 Å². The summed E-state index contributed by atoms with van der Waals surface area (Å²) in [7, 11) is 1.50. The Morgan fingerprint density at radius 3 is 2.95 bits per heavy atom. The normalized spacial score (nSPS) is 10.3. The van der Waals surface area contributed by atoms with Crippen LogP contribution in [0.1, 0.15) is 9.67 Å². The summed E-state index contributed by atoms with van der Waals surface area (Å²) in [6.45, 7) is 0.425. The molecule has 2 heterocycles. The van der Waals surface area contributed by atoms with Crippen LogP contribution in [0.25, 0.3) is 0 Å². The van der Waals surface area contributed by atoms with E-state index in [0.29, 0.717) is 17.2 Å². The Bertz CT molecular complexity index is 664. The monoisotopic (exact) mass is 357 g/mol. The topological polar surface area (TPSA) is 57.5 Å². The summed E-state index contributed by atoms with van der Waals surface area (Å²) in [5, 5.41) is 1.76. The Labute approximate surface area is 127 Å². The van der Waals surface area contributed by atoms with Crippen molar-refractivity contribution in [3.8, 4) is 5.75 Å². The second kappa shape index (κ2) is 6.71. The van der Waals surface area contributed by atoms with Crippen molar-refractivity contribution in [3.63, 3.8) is 0 Å². The molecule has 0 N–H and O–H groups in total. The van der Waals surface area contributed by atoms with Crippen molar-refractivity contribution in [2.45, 2.75) is 6.54 Å². The first kappa shape index (κ1) is 14.8. The van der Waals surface area contributed by atoms with Crippen molar-refractivity contribution in [2.24, 2.45) is 0 Å². The van der Waals surface area contributed by atoms with Crippen LogP contribution in [0.3, 0.4) is 0 Å². The Kier molecular flexibility index (Phi) is 4.97. The fourth-order valence-corrected chi connectivity index (χ4v) is 2.72. The third-order valence-electron chi connectivity index (χ3n) is 2.55. The molecule has 5 nitrogen and oxygen atoms in total. The number of halogens is 1. The Hall–Kier alpha value is -1.60. The van der Waals surface area contributed by atoms with Crippen molar-refractivity contribution in [1.29, 1.82) is 0 Å². The van der Waals surface area contributed by atoms with Gasteiger partial charge >= 0.3 is 5.97 Å². The first-order chi connectivity index (χ1) is 9.61. The lowest BCUT2D eigenvalue weighted by Crippen LogP contribution is -2.21. The lowest BCUT2D eigenvalue weighted by atomic mass is 10.4. The van der Waals surface area contributed by atoms with Gasteiger partial charge in [0.05, 0.1) is 13.7 Å². The van der Waals surface area contributed by atoms with E-state index in [0.717, 1.165) is 4.47 Å². The Balaban J connectivity index is 1.95. The molecule has 0 aliphatic heterocycles. The highest BCUT2D eigenvalue weighted by Crippen LogP contribution is 2.24. The van der Waals surface area contributed by atoms with E-state index in [4.69, 9.17) is 9.47 Å². The van der Waals surface area contributed by atoms with Gasteiger partial charge in [-0.3, -0.25) is 4.79 Å². The van der Waals surface area contributed by atoms with Gasteiger partial charge in [0.15, 0.2) is 4.88 Å².